The van der Waals surface area contributed by atoms with E-state index < -0.39 is 0 Å². The van der Waals surface area contributed by atoms with Gasteiger partial charge in [0.25, 0.3) is 5.56 Å². The second kappa shape index (κ2) is 6.70. The van der Waals surface area contributed by atoms with Crippen molar-refractivity contribution in [3.63, 3.8) is 0 Å². The number of nitrogens with one attached hydrogen (secondary N) is 2. The summed E-state index contributed by atoms with van der Waals surface area (Å²) < 4.78 is 0. The minimum atomic E-state index is -0.312. The molecule has 1 aliphatic carbocycles. The Hall–Kier alpha value is -1.89. The first kappa shape index (κ1) is 16.0. The molecule has 0 unspecified atom stereocenters. The molecule has 1 aromatic rings. The first-order valence-electron chi connectivity index (χ1n) is 8.49. The Balaban J connectivity index is 1.60. The van der Waals surface area contributed by atoms with E-state index in [1.165, 1.54) is 18.9 Å². The van der Waals surface area contributed by atoms with Crippen LogP contribution in [-0.4, -0.2) is 45.9 Å². The number of amides is 1. The van der Waals surface area contributed by atoms with Gasteiger partial charge in [0.1, 0.15) is 17.2 Å². The van der Waals surface area contributed by atoms with Crippen LogP contribution in [0.25, 0.3) is 0 Å². The van der Waals surface area contributed by atoms with Crippen LogP contribution < -0.4 is 16.6 Å². The molecule has 1 aromatic heterocycles. The molecule has 1 saturated carbocycles. The lowest BCUT2D eigenvalue weighted by Gasteiger charge is -2.37. The topological polar surface area (TPSA) is 104 Å². The first-order chi connectivity index (χ1) is 11.1. The maximum absolute atomic E-state index is 12.8. The number of aromatic amines is 1. The summed E-state index contributed by atoms with van der Waals surface area (Å²) in [4.78, 5) is 33.3. The maximum Gasteiger partial charge on any atom is 0.252 e. The zero-order valence-corrected chi connectivity index (χ0v) is 13.4. The van der Waals surface area contributed by atoms with Crippen molar-refractivity contribution in [3.05, 3.63) is 22.2 Å². The molecule has 23 heavy (non-hydrogen) atoms. The van der Waals surface area contributed by atoms with Gasteiger partial charge in [-0.25, -0.2) is 4.98 Å². The third-order valence-corrected chi connectivity index (χ3v) is 5.02. The molecule has 0 spiro atoms. The summed E-state index contributed by atoms with van der Waals surface area (Å²) in [6.07, 6.45) is 6.98. The van der Waals surface area contributed by atoms with Crippen molar-refractivity contribution in [3.8, 4) is 0 Å². The maximum atomic E-state index is 12.8. The van der Waals surface area contributed by atoms with Gasteiger partial charge < -0.3 is 16.0 Å². The molecule has 1 saturated heterocycles. The van der Waals surface area contributed by atoms with E-state index in [0.29, 0.717) is 18.8 Å². The predicted octanol–water partition coefficient (Wildman–Crippen LogP) is 0.419. The second-order valence-corrected chi connectivity index (χ2v) is 6.56. The standard InChI is InChI=1S/C16H25N5O2/c17-12-11-14(22)20-13(19-12)5-8-18-15(23)16(6-1-2-7-16)21-9-3-4-10-21/h11H,1-10H2,(H,18,23)(H3,17,19,20,22). The fourth-order valence-electron chi connectivity index (χ4n) is 3.90. The normalized spacial score (nSPS) is 20.7. The third-order valence-electron chi connectivity index (χ3n) is 5.02. The van der Waals surface area contributed by atoms with Crippen molar-refractivity contribution in [1.29, 1.82) is 0 Å². The minimum Gasteiger partial charge on any atom is -0.383 e. The summed E-state index contributed by atoms with van der Waals surface area (Å²) in [5, 5.41) is 3.05. The molecule has 0 aromatic carbocycles. The number of H-pyrrole nitrogens is 1. The summed E-state index contributed by atoms with van der Waals surface area (Å²) in [5.74, 6) is 0.847. The molecular weight excluding hydrogens is 294 g/mol. The second-order valence-electron chi connectivity index (χ2n) is 6.56. The van der Waals surface area contributed by atoms with Gasteiger partial charge in [0.05, 0.1) is 0 Å². The number of carbonyl (C=O) groups excluding carboxylic acids is 1. The number of nitrogens with zero attached hydrogens (tertiary/aromatic N) is 2. The van der Waals surface area contributed by atoms with E-state index >= 15 is 0 Å². The summed E-state index contributed by atoms with van der Waals surface area (Å²) in [5.41, 5.74) is 5.00. The van der Waals surface area contributed by atoms with Crippen molar-refractivity contribution < 1.29 is 4.79 Å². The molecule has 4 N–H and O–H groups in total. The molecule has 0 bridgehead atoms. The molecule has 1 aliphatic heterocycles. The lowest BCUT2D eigenvalue weighted by Crippen LogP contribution is -2.56. The van der Waals surface area contributed by atoms with Crippen LogP contribution in [-0.2, 0) is 11.2 Å². The Morgan fingerprint density at radius 3 is 2.65 bits per heavy atom. The van der Waals surface area contributed by atoms with Gasteiger partial charge in [0, 0.05) is 19.0 Å². The van der Waals surface area contributed by atoms with E-state index in [1.807, 2.05) is 0 Å². The fraction of sp³-hybridized carbons (Fsp3) is 0.688. The number of aromatic nitrogens is 2. The Morgan fingerprint density at radius 2 is 2.00 bits per heavy atom. The number of nitrogens with two attached hydrogens (primary N) is 1. The van der Waals surface area contributed by atoms with Crippen molar-refractivity contribution in [1.82, 2.24) is 20.2 Å². The largest absolute Gasteiger partial charge is 0.383 e. The Kier molecular flexibility index (Phi) is 4.66. The number of hydrogen-bond donors (Lipinski definition) is 3. The SMILES string of the molecule is Nc1cc(=O)[nH]c(CCNC(=O)C2(N3CCCC3)CCCC2)n1. The van der Waals surface area contributed by atoms with Crippen LogP contribution in [0.3, 0.4) is 0 Å². The van der Waals surface area contributed by atoms with Gasteiger partial charge in [-0.2, -0.15) is 0 Å². The third kappa shape index (κ3) is 3.39. The molecule has 2 fully saturated rings. The van der Waals surface area contributed by atoms with E-state index in [0.717, 1.165) is 38.8 Å². The number of rotatable bonds is 5. The molecule has 3 rings (SSSR count). The quantitative estimate of drug-likeness (QED) is 0.729. The van der Waals surface area contributed by atoms with Gasteiger partial charge in [-0.1, -0.05) is 12.8 Å². The number of nitrogen functional groups attached to an aromatic ring is 1. The van der Waals surface area contributed by atoms with Crippen LogP contribution in [0.4, 0.5) is 5.82 Å². The highest BCUT2D eigenvalue weighted by Crippen LogP contribution is 2.37. The van der Waals surface area contributed by atoms with Crippen LogP contribution in [0.15, 0.2) is 10.9 Å². The monoisotopic (exact) mass is 319 g/mol. The number of hydrogen-bond acceptors (Lipinski definition) is 5. The molecule has 0 radical (unpaired) electrons. The van der Waals surface area contributed by atoms with Gasteiger partial charge in [-0.3, -0.25) is 14.5 Å². The first-order valence-corrected chi connectivity index (χ1v) is 8.49. The van der Waals surface area contributed by atoms with Gasteiger partial charge in [-0.05, 0) is 38.8 Å². The van der Waals surface area contributed by atoms with E-state index in [9.17, 15) is 9.59 Å². The summed E-state index contributed by atoms with van der Waals surface area (Å²) in [6.45, 7) is 2.51. The number of likely N-dealkylation sites (tertiary alicyclic amines) is 1. The van der Waals surface area contributed by atoms with Gasteiger partial charge in [-0.15, -0.1) is 0 Å². The van der Waals surface area contributed by atoms with Crippen molar-refractivity contribution in [2.75, 3.05) is 25.4 Å². The van der Waals surface area contributed by atoms with Crippen LogP contribution in [0, 0.1) is 0 Å². The Bertz CT molecular complexity index is 615. The van der Waals surface area contributed by atoms with Crippen LogP contribution in [0.5, 0.6) is 0 Å². The van der Waals surface area contributed by atoms with Gasteiger partial charge in [0.15, 0.2) is 0 Å². The smallest absolute Gasteiger partial charge is 0.252 e. The molecule has 2 heterocycles. The highest BCUT2D eigenvalue weighted by molar-refractivity contribution is 5.86. The molecular formula is C16H25N5O2. The van der Waals surface area contributed by atoms with Crippen LogP contribution in [0.2, 0.25) is 0 Å². The van der Waals surface area contributed by atoms with Crippen LogP contribution in [0.1, 0.15) is 44.3 Å². The Labute approximate surface area is 135 Å². The summed E-state index contributed by atoms with van der Waals surface area (Å²) >= 11 is 0. The molecule has 0 atom stereocenters. The zero-order valence-electron chi connectivity index (χ0n) is 13.4. The molecule has 2 aliphatic rings. The van der Waals surface area contributed by atoms with Gasteiger partial charge >= 0.3 is 0 Å². The van der Waals surface area contributed by atoms with E-state index in [1.54, 1.807) is 0 Å². The van der Waals surface area contributed by atoms with E-state index in [4.69, 9.17) is 5.73 Å². The van der Waals surface area contributed by atoms with Gasteiger partial charge in [0.2, 0.25) is 5.91 Å². The average molecular weight is 319 g/mol. The lowest BCUT2D eigenvalue weighted by molar-refractivity contribution is -0.132. The van der Waals surface area contributed by atoms with E-state index in [-0.39, 0.29) is 22.8 Å². The summed E-state index contributed by atoms with van der Waals surface area (Å²) in [6, 6.07) is 1.25. The van der Waals surface area contributed by atoms with Crippen molar-refractivity contribution >= 4 is 11.7 Å². The number of carbonyl (C=O) groups is 1. The number of anilines is 1. The molecule has 7 heteroatoms. The lowest BCUT2D eigenvalue weighted by atomic mass is 9.94. The van der Waals surface area contributed by atoms with E-state index in [2.05, 4.69) is 20.2 Å². The summed E-state index contributed by atoms with van der Waals surface area (Å²) in [7, 11) is 0. The van der Waals surface area contributed by atoms with Crippen LogP contribution >= 0.6 is 0 Å². The fourth-order valence-corrected chi connectivity index (χ4v) is 3.90. The zero-order chi connectivity index (χ0) is 16.3. The molecule has 126 valence electrons. The highest BCUT2D eigenvalue weighted by atomic mass is 16.2. The Morgan fingerprint density at radius 1 is 1.30 bits per heavy atom. The molecule has 7 nitrogen and oxygen atoms in total. The van der Waals surface area contributed by atoms with Crippen molar-refractivity contribution in [2.45, 2.75) is 50.5 Å². The average Bonchev–Trinajstić information content (AvgIpc) is 3.18. The minimum absolute atomic E-state index is 0.128. The molecule has 1 amide bonds. The predicted molar refractivity (Wildman–Crippen MR) is 88.0 cm³/mol. The highest BCUT2D eigenvalue weighted by Gasteiger charge is 2.46. The van der Waals surface area contributed by atoms with Crippen molar-refractivity contribution in [2.24, 2.45) is 0 Å².